The molecule has 0 spiro atoms. The van der Waals surface area contributed by atoms with Gasteiger partial charge >= 0.3 is 0 Å². The summed E-state index contributed by atoms with van der Waals surface area (Å²) in [6.07, 6.45) is 1.39. The molecule has 1 atom stereocenters. The number of thioether (sulfide) groups is 1. The summed E-state index contributed by atoms with van der Waals surface area (Å²) in [4.78, 5) is 11.8. The van der Waals surface area contributed by atoms with E-state index >= 15 is 0 Å². The van der Waals surface area contributed by atoms with E-state index in [9.17, 15) is 9.90 Å². The van der Waals surface area contributed by atoms with E-state index in [-0.39, 0.29) is 17.2 Å². The SMILES string of the molecule is CC(C)(C)SCCCC(=O)NCC(C)(O)c1ccsc1. The van der Waals surface area contributed by atoms with Crippen LogP contribution in [0.5, 0.6) is 0 Å². The largest absolute Gasteiger partial charge is 0.384 e. The maximum absolute atomic E-state index is 11.8. The average Bonchev–Trinajstić information content (AvgIpc) is 2.85. The van der Waals surface area contributed by atoms with Crippen LogP contribution in [0.4, 0.5) is 0 Å². The highest BCUT2D eigenvalue weighted by atomic mass is 32.2. The summed E-state index contributed by atoms with van der Waals surface area (Å²) >= 11 is 3.41. The van der Waals surface area contributed by atoms with Gasteiger partial charge in [0.2, 0.25) is 5.91 Å². The maximum atomic E-state index is 11.8. The fourth-order valence-electron chi connectivity index (χ4n) is 1.64. The fraction of sp³-hybridized carbons (Fsp3) is 0.667. The number of carbonyl (C=O) groups is 1. The molecule has 1 amide bonds. The van der Waals surface area contributed by atoms with Crippen LogP contribution in [0.3, 0.4) is 0 Å². The smallest absolute Gasteiger partial charge is 0.220 e. The molecule has 1 heterocycles. The molecule has 0 radical (unpaired) electrons. The van der Waals surface area contributed by atoms with Gasteiger partial charge in [0.15, 0.2) is 0 Å². The predicted octanol–water partition coefficient (Wildman–Crippen LogP) is 3.38. The summed E-state index contributed by atoms with van der Waals surface area (Å²) in [5.41, 5.74) is -0.137. The number of hydrogen-bond acceptors (Lipinski definition) is 4. The Bertz CT molecular complexity index is 408. The number of amides is 1. The summed E-state index contributed by atoms with van der Waals surface area (Å²) in [5, 5.41) is 16.9. The van der Waals surface area contributed by atoms with Crippen LogP contribution in [0.1, 0.15) is 46.1 Å². The van der Waals surface area contributed by atoms with Gasteiger partial charge in [0, 0.05) is 11.2 Å². The zero-order chi connectivity index (χ0) is 15.2. The van der Waals surface area contributed by atoms with E-state index in [0.717, 1.165) is 17.7 Å². The van der Waals surface area contributed by atoms with Crippen molar-refractivity contribution < 1.29 is 9.90 Å². The molecule has 0 aliphatic carbocycles. The van der Waals surface area contributed by atoms with Crippen molar-refractivity contribution in [2.24, 2.45) is 0 Å². The minimum Gasteiger partial charge on any atom is -0.384 e. The molecule has 0 aromatic carbocycles. The minimum atomic E-state index is -0.990. The lowest BCUT2D eigenvalue weighted by Gasteiger charge is -2.23. The summed E-state index contributed by atoms with van der Waals surface area (Å²) in [6, 6.07) is 1.89. The van der Waals surface area contributed by atoms with Crippen molar-refractivity contribution in [3.05, 3.63) is 22.4 Å². The number of hydrogen-bond donors (Lipinski definition) is 2. The Morgan fingerprint density at radius 2 is 2.10 bits per heavy atom. The highest BCUT2D eigenvalue weighted by molar-refractivity contribution is 8.00. The third-order valence-corrected chi connectivity index (χ3v) is 4.90. The molecule has 3 nitrogen and oxygen atoms in total. The molecule has 0 aliphatic rings. The molecule has 0 saturated heterocycles. The lowest BCUT2D eigenvalue weighted by atomic mass is 9.99. The number of thiophene rings is 1. The Kier molecular flexibility index (Phi) is 6.55. The zero-order valence-corrected chi connectivity index (χ0v) is 14.4. The minimum absolute atomic E-state index is 0.00927. The molecular formula is C15H25NO2S2. The molecule has 0 fully saturated rings. The van der Waals surface area contributed by atoms with Gasteiger partial charge in [0.05, 0.1) is 6.54 Å². The molecule has 2 N–H and O–H groups in total. The molecule has 114 valence electrons. The molecular weight excluding hydrogens is 290 g/mol. The van der Waals surface area contributed by atoms with Crippen LogP contribution < -0.4 is 5.32 Å². The van der Waals surface area contributed by atoms with Crippen LogP contribution in [0.2, 0.25) is 0 Å². The number of aliphatic hydroxyl groups is 1. The zero-order valence-electron chi connectivity index (χ0n) is 12.7. The van der Waals surface area contributed by atoms with E-state index in [1.54, 1.807) is 18.3 Å². The summed E-state index contributed by atoms with van der Waals surface area (Å²) in [6.45, 7) is 8.52. The van der Waals surface area contributed by atoms with Gasteiger partial charge in [-0.1, -0.05) is 20.8 Å². The van der Waals surface area contributed by atoms with Gasteiger partial charge in [-0.05, 0) is 41.5 Å². The van der Waals surface area contributed by atoms with E-state index in [1.807, 2.05) is 28.6 Å². The van der Waals surface area contributed by atoms with E-state index in [2.05, 4.69) is 26.1 Å². The molecule has 0 saturated carbocycles. The van der Waals surface area contributed by atoms with Crippen LogP contribution in [-0.2, 0) is 10.4 Å². The van der Waals surface area contributed by atoms with E-state index in [4.69, 9.17) is 0 Å². The average molecular weight is 316 g/mol. The molecule has 20 heavy (non-hydrogen) atoms. The van der Waals surface area contributed by atoms with Crippen LogP contribution in [0.15, 0.2) is 16.8 Å². The highest BCUT2D eigenvalue weighted by Gasteiger charge is 2.24. The molecule has 5 heteroatoms. The van der Waals surface area contributed by atoms with Gasteiger partial charge in [-0.2, -0.15) is 23.1 Å². The second-order valence-corrected chi connectivity index (χ2v) is 8.83. The van der Waals surface area contributed by atoms with Gasteiger partial charge in [0.25, 0.3) is 0 Å². The second kappa shape index (κ2) is 7.48. The van der Waals surface area contributed by atoms with Crippen molar-refractivity contribution in [3.63, 3.8) is 0 Å². The number of carbonyl (C=O) groups excluding carboxylic acids is 1. The van der Waals surface area contributed by atoms with Crippen molar-refractivity contribution in [3.8, 4) is 0 Å². The van der Waals surface area contributed by atoms with Crippen molar-refractivity contribution >= 4 is 29.0 Å². The third-order valence-electron chi connectivity index (χ3n) is 2.86. The summed E-state index contributed by atoms with van der Waals surface area (Å²) < 4.78 is 0.249. The second-order valence-electron chi connectivity index (χ2n) is 6.13. The Labute approximate surface area is 130 Å². The topological polar surface area (TPSA) is 49.3 Å². The van der Waals surface area contributed by atoms with Gasteiger partial charge in [-0.25, -0.2) is 0 Å². The molecule has 1 rings (SSSR count). The Morgan fingerprint density at radius 3 is 2.65 bits per heavy atom. The van der Waals surface area contributed by atoms with Gasteiger partial charge in [-0.3, -0.25) is 4.79 Å². The first kappa shape index (κ1) is 17.5. The van der Waals surface area contributed by atoms with Crippen molar-refractivity contribution in [1.82, 2.24) is 5.32 Å². The molecule has 1 unspecified atom stereocenters. The lowest BCUT2D eigenvalue weighted by Crippen LogP contribution is -2.38. The van der Waals surface area contributed by atoms with Gasteiger partial charge in [0.1, 0.15) is 5.60 Å². The highest BCUT2D eigenvalue weighted by Crippen LogP contribution is 2.24. The van der Waals surface area contributed by atoms with Crippen molar-refractivity contribution in [2.75, 3.05) is 12.3 Å². The Morgan fingerprint density at radius 1 is 1.40 bits per heavy atom. The molecule has 1 aromatic heterocycles. The Balaban J connectivity index is 2.23. The van der Waals surface area contributed by atoms with Gasteiger partial charge < -0.3 is 10.4 Å². The van der Waals surface area contributed by atoms with Crippen LogP contribution in [0, 0.1) is 0 Å². The third kappa shape index (κ3) is 6.77. The number of nitrogens with one attached hydrogen (secondary N) is 1. The Hall–Kier alpha value is -0.520. The molecule has 0 aliphatic heterocycles. The van der Waals surface area contributed by atoms with Crippen LogP contribution >= 0.6 is 23.1 Å². The maximum Gasteiger partial charge on any atom is 0.220 e. The summed E-state index contributed by atoms with van der Waals surface area (Å²) in [7, 11) is 0. The first-order valence-electron chi connectivity index (χ1n) is 6.86. The predicted molar refractivity (Wildman–Crippen MR) is 88.3 cm³/mol. The van der Waals surface area contributed by atoms with Crippen molar-refractivity contribution in [1.29, 1.82) is 0 Å². The quantitative estimate of drug-likeness (QED) is 0.758. The lowest BCUT2D eigenvalue weighted by molar-refractivity contribution is -0.122. The van der Waals surface area contributed by atoms with E-state index in [0.29, 0.717) is 6.42 Å². The standard InChI is InChI=1S/C15H25NO2S2/c1-14(2,3)20-8-5-6-13(17)16-11-15(4,18)12-7-9-19-10-12/h7,9-10,18H,5-6,8,11H2,1-4H3,(H,16,17). The van der Waals surface area contributed by atoms with Gasteiger partial charge in [-0.15, -0.1) is 0 Å². The van der Waals surface area contributed by atoms with Crippen LogP contribution in [-0.4, -0.2) is 28.1 Å². The van der Waals surface area contributed by atoms with E-state index < -0.39 is 5.60 Å². The molecule has 0 bridgehead atoms. The van der Waals surface area contributed by atoms with Crippen molar-refractivity contribution in [2.45, 2.75) is 50.9 Å². The monoisotopic (exact) mass is 315 g/mol. The normalized spacial score (nSPS) is 14.8. The number of rotatable bonds is 7. The summed E-state index contributed by atoms with van der Waals surface area (Å²) in [5.74, 6) is 0.993. The van der Waals surface area contributed by atoms with E-state index in [1.165, 1.54) is 0 Å². The van der Waals surface area contributed by atoms with Crippen LogP contribution in [0.25, 0.3) is 0 Å². The first-order valence-corrected chi connectivity index (χ1v) is 8.79. The fourth-order valence-corrected chi connectivity index (χ4v) is 3.33. The molecule has 1 aromatic rings. The first-order chi connectivity index (χ1) is 9.21.